The largest absolute Gasteiger partial charge is 0.484 e. The first-order valence-corrected chi connectivity index (χ1v) is 6.34. The molecule has 0 radical (unpaired) electrons. The molecular formula is C16H14FNO3. The molecule has 0 bridgehead atoms. The third-order valence-corrected chi connectivity index (χ3v) is 2.75. The molecule has 2 aromatic rings. The minimum Gasteiger partial charge on any atom is -0.484 e. The van der Waals surface area contributed by atoms with Crippen LogP contribution in [0.25, 0.3) is 0 Å². The minimum atomic E-state index is -0.435. The van der Waals surface area contributed by atoms with Gasteiger partial charge in [-0.2, -0.15) is 0 Å². The van der Waals surface area contributed by atoms with Gasteiger partial charge in [-0.1, -0.05) is 18.2 Å². The number of carbonyl (C=O) groups excluding carboxylic acids is 2. The Balaban J connectivity index is 1.98. The summed E-state index contributed by atoms with van der Waals surface area (Å²) in [5, 5.41) is 2.60. The summed E-state index contributed by atoms with van der Waals surface area (Å²) in [5.74, 6) is -0.732. The number of ether oxygens (including phenoxy) is 1. The number of anilines is 1. The molecule has 0 saturated heterocycles. The lowest BCUT2D eigenvalue weighted by atomic mass is 10.1. The van der Waals surface area contributed by atoms with Crippen molar-refractivity contribution in [2.75, 3.05) is 11.9 Å². The van der Waals surface area contributed by atoms with Crippen LogP contribution in [0.2, 0.25) is 0 Å². The van der Waals surface area contributed by atoms with E-state index in [4.69, 9.17) is 4.74 Å². The van der Waals surface area contributed by atoms with Crippen LogP contribution in [-0.2, 0) is 4.79 Å². The molecule has 0 unspecified atom stereocenters. The van der Waals surface area contributed by atoms with Gasteiger partial charge in [-0.25, -0.2) is 4.39 Å². The van der Waals surface area contributed by atoms with Crippen LogP contribution in [0.5, 0.6) is 5.75 Å². The Morgan fingerprint density at radius 3 is 2.62 bits per heavy atom. The molecule has 21 heavy (non-hydrogen) atoms. The van der Waals surface area contributed by atoms with Crippen molar-refractivity contribution in [3.8, 4) is 5.75 Å². The number of para-hydroxylation sites is 1. The van der Waals surface area contributed by atoms with Gasteiger partial charge in [0.25, 0.3) is 5.91 Å². The number of amides is 1. The number of carbonyl (C=O) groups is 2. The van der Waals surface area contributed by atoms with Crippen molar-refractivity contribution in [2.45, 2.75) is 6.92 Å². The summed E-state index contributed by atoms with van der Waals surface area (Å²) in [5.41, 5.74) is 0.856. The van der Waals surface area contributed by atoms with E-state index in [2.05, 4.69) is 5.32 Å². The Bertz CT molecular complexity index is 670. The molecule has 1 N–H and O–H groups in total. The maximum atomic E-state index is 13.0. The SMILES string of the molecule is CC(=O)c1ccccc1NC(=O)COc1cccc(F)c1. The number of Topliss-reactive ketones (excluding diaryl/α,β-unsaturated/α-hetero) is 1. The van der Waals surface area contributed by atoms with Crippen molar-refractivity contribution < 1.29 is 18.7 Å². The molecule has 2 aromatic carbocycles. The molecule has 0 spiro atoms. The van der Waals surface area contributed by atoms with Crippen molar-refractivity contribution in [1.29, 1.82) is 0 Å². The second-order valence-electron chi connectivity index (χ2n) is 4.40. The highest BCUT2D eigenvalue weighted by atomic mass is 19.1. The predicted octanol–water partition coefficient (Wildman–Crippen LogP) is 3.05. The average Bonchev–Trinajstić information content (AvgIpc) is 2.45. The molecule has 0 aromatic heterocycles. The van der Waals surface area contributed by atoms with Crippen molar-refractivity contribution in [2.24, 2.45) is 0 Å². The molecule has 2 rings (SSSR count). The predicted molar refractivity (Wildman–Crippen MR) is 77.0 cm³/mol. The Kier molecular flexibility index (Phi) is 4.66. The van der Waals surface area contributed by atoms with E-state index in [0.29, 0.717) is 11.3 Å². The molecule has 0 aliphatic rings. The fourth-order valence-electron chi connectivity index (χ4n) is 1.79. The van der Waals surface area contributed by atoms with Crippen LogP contribution in [0.15, 0.2) is 48.5 Å². The fourth-order valence-corrected chi connectivity index (χ4v) is 1.79. The first-order valence-electron chi connectivity index (χ1n) is 6.34. The zero-order valence-corrected chi connectivity index (χ0v) is 11.4. The first kappa shape index (κ1) is 14.7. The van der Waals surface area contributed by atoms with Gasteiger partial charge in [0.15, 0.2) is 12.4 Å². The molecular weight excluding hydrogens is 273 g/mol. The molecule has 0 atom stereocenters. The van der Waals surface area contributed by atoms with Gasteiger partial charge < -0.3 is 10.1 Å². The molecule has 0 aliphatic carbocycles. The number of hydrogen-bond donors (Lipinski definition) is 1. The fraction of sp³-hybridized carbons (Fsp3) is 0.125. The van der Waals surface area contributed by atoms with Gasteiger partial charge in [0.05, 0.1) is 5.69 Å². The van der Waals surface area contributed by atoms with E-state index in [-0.39, 0.29) is 18.1 Å². The average molecular weight is 287 g/mol. The Hall–Kier alpha value is -2.69. The van der Waals surface area contributed by atoms with Crippen molar-refractivity contribution in [1.82, 2.24) is 0 Å². The Morgan fingerprint density at radius 1 is 1.14 bits per heavy atom. The van der Waals surface area contributed by atoms with Gasteiger partial charge in [0.1, 0.15) is 11.6 Å². The third kappa shape index (κ3) is 4.14. The topological polar surface area (TPSA) is 55.4 Å². The number of halogens is 1. The number of ketones is 1. The molecule has 5 heteroatoms. The van der Waals surface area contributed by atoms with Crippen LogP contribution in [0.1, 0.15) is 17.3 Å². The van der Waals surface area contributed by atoms with Gasteiger partial charge in [0, 0.05) is 11.6 Å². The van der Waals surface area contributed by atoms with Crippen LogP contribution < -0.4 is 10.1 Å². The lowest BCUT2D eigenvalue weighted by Gasteiger charge is -2.10. The number of nitrogens with one attached hydrogen (secondary N) is 1. The quantitative estimate of drug-likeness (QED) is 0.860. The summed E-state index contributed by atoms with van der Waals surface area (Å²) >= 11 is 0. The van der Waals surface area contributed by atoms with Gasteiger partial charge in [-0.15, -0.1) is 0 Å². The van der Waals surface area contributed by atoms with Crippen LogP contribution >= 0.6 is 0 Å². The van der Waals surface area contributed by atoms with Gasteiger partial charge >= 0.3 is 0 Å². The van der Waals surface area contributed by atoms with E-state index in [1.54, 1.807) is 30.3 Å². The van der Waals surface area contributed by atoms with E-state index in [1.807, 2.05) is 0 Å². The second-order valence-corrected chi connectivity index (χ2v) is 4.40. The van der Waals surface area contributed by atoms with Crippen molar-refractivity contribution >= 4 is 17.4 Å². The molecule has 0 aliphatic heterocycles. The molecule has 0 saturated carbocycles. The van der Waals surface area contributed by atoms with E-state index in [1.165, 1.54) is 25.1 Å². The normalized spacial score (nSPS) is 10.0. The Labute approximate surface area is 121 Å². The van der Waals surface area contributed by atoms with Crippen LogP contribution in [0.4, 0.5) is 10.1 Å². The minimum absolute atomic E-state index is 0.142. The van der Waals surface area contributed by atoms with Crippen LogP contribution in [-0.4, -0.2) is 18.3 Å². The monoisotopic (exact) mass is 287 g/mol. The highest BCUT2D eigenvalue weighted by molar-refractivity contribution is 6.03. The lowest BCUT2D eigenvalue weighted by Crippen LogP contribution is -2.21. The highest BCUT2D eigenvalue weighted by Gasteiger charge is 2.10. The lowest BCUT2D eigenvalue weighted by molar-refractivity contribution is -0.118. The molecule has 1 amide bonds. The van der Waals surface area contributed by atoms with Crippen molar-refractivity contribution in [3.05, 3.63) is 59.9 Å². The maximum absolute atomic E-state index is 13.0. The highest BCUT2D eigenvalue weighted by Crippen LogP contribution is 2.16. The van der Waals surface area contributed by atoms with E-state index < -0.39 is 11.7 Å². The summed E-state index contributed by atoms with van der Waals surface area (Å²) in [6, 6.07) is 12.2. The summed E-state index contributed by atoms with van der Waals surface area (Å²) in [7, 11) is 0. The zero-order chi connectivity index (χ0) is 15.2. The standard InChI is InChI=1S/C16H14FNO3/c1-11(19)14-7-2-3-8-15(14)18-16(20)10-21-13-6-4-5-12(17)9-13/h2-9H,10H2,1H3,(H,18,20). The van der Waals surface area contributed by atoms with Crippen LogP contribution in [0, 0.1) is 5.82 Å². The van der Waals surface area contributed by atoms with Crippen LogP contribution in [0.3, 0.4) is 0 Å². The summed E-state index contributed by atoms with van der Waals surface area (Å²) in [4.78, 5) is 23.2. The second kappa shape index (κ2) is 6.65. The summed E-state index contributed by atoms with van der Waals surface area (Å²) in [6.07, 6.45) is 0. The van der Waals surface area contributed by atoms with E-state index >= 15 is 0 Å². The molecule has 0 heterocycles. The van der Waals surface area contributed by atoms with E-state index in [9.17, 15) is 14.0 Å². The Morgan fingerprint density at radius 2 is 1.90 bits per heavy atom. The third-order valence-electron chi connectivity index (χ3n) is 2.75. The number of rotatable bonds is 5. The summed E-state index contributed by atoms with van der Waals surface area (Å²) in [6.45, 7) is 1.16. The van der Waals surface area contributed by atoms with E-state index in [0.717, 1.165) is 0 Å². The van der Waals surface area contributed by atoms with Gasteiger partial charge in [-0.3, -0.25) is 9.59 Å². The smallest absolute Gasteiger partial charge is 0.262 e. The molecule has 0 fully saturated rings. The first-order chi connectivity index (χ1) is 10.1. The number of hydrogen-bond acceptors (Lipinski definition) is 3. The van der Waals surface area contributed by atoms with Gasteiger partial charge in [0.2, 0.25) is 0 Å². The molecule has 4 nitrogen and oxygen atoms in total. The molecule has 108 valence electrons. The summed E-state index contributed by atoms with van der Waals surface area (Å²) < 4.78 is 18.1. The number of benzene rings is 2. The zero-order valence-electron chi connectivity index (χ0n) is 11.4. The maximum Gasteiger partial charge on any atom is 0.262 e. The van der Waals surface area contributed by atoms with Crippen molar-refractivity contribution in [3.63, 3.8) is 0 Å². The van der Waals surface area contributed by atoms with Gasteiger partial charge in [-0.05, 0) is 31.2 Å².